The van der Waals surface area contributed by atoms with Crippen LogP contribution in [-0.2, 0) is 0 Å². The van der Waals surface area contributed by atoms with E-state index in [1.807, 2.05) is 0 Å². The summed E-state index contributed by atoms with van der Waals surface area (Å²) in [5.41, 5.74) is 15.0. The molecule has 0 unspecified atom stereocenters. The Bertz CT molecular complexity index is 3210. The van der Waals surface area contributed by atoms with Gasteiger partial charge >= 0.3 is 0 Å². The standard InChI is InChI=1S/C54H37N3/c1-4-17-38(18-5-1)39-31-34-43(35-32-39)56(52-30-16-29-51-54(52)47-25-12-15-28-50(47)55(51)41-19-6-2-7-20-41)48-26-13-10-23-44(48)40-33-36-46-45-24-11-14-27-49(45)57(53(46)37-40)42-21-8-3-9-22-42/h1-37H. The van der Waals surface area contributed by atoms with Gasteiger partial charge in [0.15, 0.2) is 0 Å². The lowest BCUT2D eigenvalue weighted by atomic mass is 9.99. The lowest BCUT2D eigenvalue weighted by Gasteiger charge is -2.29. The van der Waals surface area contributed by atoms with Crippen molar-refractivity contribution < 1.29 is 0 Å². The zero-order chi connectivity index (χ0) is 37.7. The zero-order valence-corrected chi connectivity index (χ0v) is 31.2. The molecule has 2 aromatic heterocycles. The molecule has 0 aliphatic carbocycles. The average Bonchev–Trinajstić information content (AvgIpc) is 3.81. The molecule has 57 heavy (non-hydrogen) atoms. The molecule has 0 fully saturated rings. The molecule has 0 aliphatic rings. The minimum Gasteiger partial charge on any atom is -0.309 e. The first-order valence-corrected chi connectivity index (χ1v) is 19.5. The Hall–Kier alpha value is -7.62. The fourth-order valence-electron chi connectivity index (χ4n) is 8.79. The van der Waals surface area contributed by atoms with Crippen LogP contribution >= 0.6 is 0 Å². The van der Waals surface area contributed by atoms with E-state index in [9.17, 15) is 0 Å². The minimum absolute atomic E-state index is 1.09. The molecule has 0 N–H and O–H groups in total. The van der Waals surface area contributed by atoms with Gasteiger partial charge in [0, 0.05) is 44.2 Å². The van der Waals surface area contributed by atoms with Crippen LogP contribution < -0.4 is 4.90 Å². The maximum atomic E-state index is 2.46. The van der Waals surface area contributed by atoms with Crippen LogP contribution in [0.1, 0.15) is 0 Å². The molecule has 0 radical (unpaired) electrons. The van der Waals surface area contributed by atoms with Crippen molar-refractivity contribution in [3.8, 4) is 33.6 Å². The van der Waals surface area contributed by atoms with Crippen molar-refractivity contribution in [1.29, 1.82) is 0 Å². The van der Waals surface area contributed by atoms with E-state index in [0.717, 1.165) is 45.1 Å². The van der Waals surface area contributed by atoms with Gasteiger partial charge in [0.25, 0.3) is 0 Å². The van der Waals surface area contributed by atoms with Crippen LogP contribution in [0.5, 0.6) is 0 Å². The van der Waals surface area contributed by atoms with Gasteiger partial charge in [0.05, 0.1) is 33.4 Å². The highest BCUT2D eigenvalue weighted by molar-refractivity contribution is 6.17. The van der Waals surface area contributed by atoms with E-state index in [2.05, 4.69) is 238 Å². The highest BCUT2D eigenvalue weighted by atomic mass is 15.2. The van der Waals surface area contributed by atoms with Crippen LogP contribution in [0.25, 0.3) is 77.2 Å². The lowest BCUT2D eigenvalue weighted by molar-refractivity contribution is 1.18. The third-order valence-electron chi connectivity index (χ3n) is 11.3. The van der Waals surface area contributed by atoms with Crippen molar-refractivity contribution >= 4 is 60.7 Å². The lowest BCUT2D eigenvalue weighted by Crippen LogP contribution is -2.11. The van der Waals surface area contributed by atoms with Gasteiger partial charge in [-0.1, -0.05) is 152 Å². The van der Waals surface area contributed by atoms with Crippen molar-refractivity contribution in [2.45, 2.75) is 0 Å². The average molecular weight is 728 g/mol. The van der Waals surface area contributed by atoms with Crippen molar-refractivity contribution in [2.24, 2.45) is 0 Å². The van der Waals surface area contributed by atoms with Crippen LogP contribution in [0.15, 0.2) is 224 Å². The van der Waals surface area contributed by atoms with E-state index in [-0.39, 0.29) is 0 Å². The zero-order valence-electron chi connectivity index (χ0n) is 31.2. The Labute approximate surface area is 331 Å². The van der Waals surface area contributed by atoms with Gasteiger partial charge in [-0.3, -0.25) is 0 Å². The van der Waals surface area contributed by atoms with E-state index in [1.165, 1.54) is 49.2 Å². The number of hydrogen-bond donors (Lipinski definition) is 0. The second-order valence-corrected chi connectivity index (χ2v) is 14.5. The van der Waals surface area contributed by atoms with Crippen molar-refractivity contribution in [2.75, 3.05) is 4.90 Å². The van der Waals surface area contributed by atoms with Crippen molar-refractivity contribution in [3.05, 3.63) is 224 Å². The number of anilines is 3. The Morgan fingerprint density at radius 1 is 0.298 bits per heavy atom. The second kappa shape index (κ2) is 13.6. The van der Waals surface area contributed by atoms with Crippen LogP contribution in [0.4, 0.5) is 17.1 Å². The predicted molar refractivity (Wildman–Crippen MR) is 241 cm³/mol. The number of hydrogen-bond acceptors (Lipinski definition) is 1. The molecule has 2 heterocycles. The molecule has 268 valence electrons. The van der Waals surface area contributed by atoms with Crippen molar-refractivity contribution in [1.82, 2.24) is 9.13 Å². The summed E-state index contributed by atoms with van der Waals surface area (Å²) in [7, 11) is 0. The molecule has 0 saturated carbocycles. The second-order valence-electron chi connectivity index (χ2n) is 14.5. The third-order valence-corrected chi connectivity index (χ3v) is 11.3. The molecule has 3 heteroatoms. The fourth-order valence-corrected chi connectivity index (χ4v) is 8.79. The van der Waals surface area contributed by atoms with Gasteiger partial charge in [-0.15, -0.1) is 0 Å². The molecule has 3 nitrogen and oxygen atoms in total. The summed E-state index contributed by atoms with van der Waals surface area (Å²) in [5, 5.41) is 4.91. The van der Waals surface area contributed by atoms with Gasteiger partial charge in [-0.05, 0) is 89.5 Å². The summed E-state index contributed by atoms with van der Waals surface area (Å²) in [6.07, 6.45) is 0. The summed E-state index contributed by atoms with van der Waals surface area (Å²) in [4.78, 5) is 2.46. The quantitative estimate of drug-likeness (QED) is 0.159. The molecule has 11 rings (SSSR count). The van der Waals surface area contributed by atoms with Crippen LogP contribution in [0, 0.1) is 0 Å². The predicted octanol–water partition coefficient (Wildman–Crippen LogP) is 14.7. The summed E-state index contributed by atoms with van der Waals surface area (Å²) in [5.74, 6) is 0. The first-order valence-electron chi connectivity index (χ1n) is 19.5. The number of fused-ring (bicyclic) bond motifs is 6. The van der Waals surface area contributed by atoms with Gasteiger partial charge in [-0.25, -0.2) is 0 Å². The van der Waals surface area contributed by atoms with E-state index in [1.54, 1.807) is 0 Å². The summed E-state index contributed by atoms with van der Waals surface area (Å²) in [6.45, 7) is 0. The molecule has 0 bridgehead atoms. The topological polar surface area (TPSA) is 13.1 Å². The maximum absolute atomic E-state index is 2.46. The van der Waals surface area contributed by atoms with E-state index >= 15 is 0 Å². The first-order chi connectivity index (χ1) is 28.3. The van der Waals surface area contributed by atoms with Crippen molar-refractivity contribution in [3.63, 3.8) is 0 Å². The Kier molecular flexibility index (Phi) is 7.82. The molecule has 11 aromatic rings. The van der Waals surface area contributed by atoms with E-state index < -0.39 is 0 Å². The monoisotopic (exact) mass is 727 g/mol. The molecular formula is C54H37N3. The van der Waals surface area contributed by atoms with Gasteiger partial charge in [0.1, 0.15) is 0 Å². The number of aromatic nitrogens is 2. The van der Waals surface area contributed by atoms with Crippen LogP contribution in [-0.4, -0.2) is 9.13 Å². The van der Waals surface area contributed by atoms with E-state index in [4.69, 9.17) is 0 Å². The van der Waals surface area contributed by atoms with Crippen LogP contribution in [0.2, 0.25) is 0 Å². The Balaban J connectivity index is 1.17. The number of nitrogens with zero attached hydrogens (tertiary/aromatic N) is 3. The number of para-hydroxylation sites is 5. The third kappa shape index (κ3) is 5.43. The molecular weight excluding hydrogens is 691 g/mol. The van der Waals surface area contributed by atoms with Gasteiger partial charge < -0.3 is 14.0 Å². The summed E-state index contributed by atoms with van der Waals surface area (Å²) < 4.78 is 4.79. The van der Waals surface area contributed by atoms with E-state index in [0.29, 0.717) is 0 Å². The largest absolute Gasteiger partial charge is 0.309 e. The summed E-state index contributed by atoms with van der Waals surface area (Å²) in [6, 6.07) is 81.1. The van der Waals surface area contributed by atoms with Crippen LogP contribution in [0.3, 0.4) is 0 Å². The van der Waals surface area contributed by atoms with Gasteiger partial charge in [0.2, 0.25) is 0 Å². The molecule has 0 spiro atoms. The Morgan fingerprint density at radius 3 is 1.51 bits per heavy atom. The number of benzene rings is 9. The molecule has 0 amide bonds. The normalized spacial score (nSPS) is 11.5. The highest BCUT2D eigenvalue weighted by Gasteiger charge is 2.23. The molecule has 0 saturated heterocycles. The SMILES string of the molecule is c1ccc(-c2ccc(N(c3ccccc3-c3ccc4c5ccccc5n(-c5ccccc5)c4c3)c3cccc4c3c3ccccc3n4-c3ccccc3)cc2)cc1. The van der Waals surface area contributed by atoms with Gasteiger partial charge in [-0.2, -0.15) is 0 Å². The molecule has 0 atom stereocenters. The first kappa shape index (κ1) is 32.8. The number of rotatable bonds is 7. The fraction of sp³-hybridized carbons (Fsp3) is 0. The molecule has 9 aromatic carbocycles. The maximum Gasteiger partial charge on any atom is 0.0562 e. The minimum atomic E-state index is 1.09. The Morgan fingerprint density at radius 2 is 0.789 bits per heavy atom. The smallest absolute Gasteiger partial charge is 0.0562 e. The molecule has 0 aliphatic heterocycles. The summed E-state index contributed by atoms with van der Waals surface area (Å²) >= 11 is 0. The highest BCUT2D eigenvalue weighted by Crippen LogP contribution is 2.47.